The van der Waals surface area contributed by atoms with E-state index in [4.69, 9.17) is 9.84 Å². The number of nitrogens with zero attached hydrogens (tertiary/aromatic N) is 5. The molecule has 0 spiro atoms. The molecule has 1 aromatic carbocycles. The minimum atomic E-state index is 0.179. The summed E-state index contributed by atoms with van der Waals surface area (Å²) in [5, 5.41) is 9.34. The van der Waals surface area contributed by atoms with Crippen molar-refractivity contribution in [3.63, 3.8) is 0 Å². The number of hydrogen-bond donors (Lipinski definition) is 0. The van der Waals surface area contributed by atoms with Crippen molar-refractivity contribution in [2.24, 2.45) is 14.1 Å². The molecule has 0 saturated carbocycles. The summed E-state index contributed by atoms with van der Waals surface area (Å²) in [6, 6.07) is 6.51. The number of anilines is 1. The standard InChI is InChI=1S/C21H27N5O/c1-13-8-7-9-17(21(13)27-6)26-11-10-16-18(15(26)3)23-25(5)20(16)19-14(2)12-22-24(19)4/h7-9,12,15H,10-11H2,1-6H3/t15-/m0/s1. The number of methoxy groups -OCH3 is 1. The molecule has 0 unspecified atom stereocenters. The smallest absolute Gasteiger partial charge is 0.145 e. The zero-order valence-electron chi connectivity index (χ0n) is 16.9. The Bertz CT molecular complexity index is 981. The van der Waals surface area contributed by atoms with Gasteiger partial charge < -0.3 is 9.64 Å². The first kappa shape index (κ1) is 17.6. The minimum Gasteiger partial charge on any atom is -0.494 e. The lowest BCUT2D eigenvalue weighted by Gasteiger charge is -2.36. The molecule has 6 heteroatoms. The van der Waals surface area contributed by atoms with Crippen LogP contribution in [0.25, 0.3) is 11.4 Å². The number of hydrogen-bond acceptors (Lipinski definition) is 4. The van der Waals surface area contributed by atoms with Gasteiger partial charge in [0.05, 0.1) is 42.1 Å². The quantitative estimate of drug-likeness (QED) is 0.712. The van der Waals surface area contributed by atoms with E-state index in [0.29, 0.717) is 0 Å². The highest BCUT2D eigenvalue weighted by atomic mass is 16.5. The van der Waals surface area contributed by atoms with Crippen molar-refractivity contribution in [3.05, 3.63) is 46.8 Å². The van der Waals surface area contributed by atoms with Crippen LogP contribution < -0.4 is 9.64 Å². The maximum absolute atomic E-state index is 5.71. The number of aromatic nitrogens is 4. The van der Waals surface area contributed by atoms with E-state index in [-0.39, 0.29) is 6.04 Å². The van der Waals surface area contributed by atoms with Crippen LogP contribution in [0, 0.1) is 13.8 Å². The van der Waals surface area contributed by atoms with Crippen LogP contribution in [0.1, 0.15) is 35.3 Å². The van der Waals surface area contributed by atoms with Crippen LogP contribution in [-0.2, 0) is 20.5 Å². The number of para-hydroxylation sites is 1. The molecule has 0 aliphatic carbocycles. The SMILES string of the molecule is COc1c(C)cccc1N1CCc2c(nn(C)c2-c2c(C)cnn2C)[C@@H]1C. The van der Waals surface area contributed by atoms with E-state index >= 15 is 0 Å². The predicted molar refractivity (Wildman–Crippen MR) is 107 cm³/mol. The Balaban J connectivity index is 1.80. The lowest BCUT2D eigenvalue weighted by molar-refractivity contribution is 0.409. The van der Waals surface area contributed by atoms with Gasteiger partial charge >= 0.3 is 0 Å². The summed E-state index contributed by atoms with van der Waals surface area (Å²) in [6.07, 6.45) is 2.87. The molecule has 3 heterocycles. The Labute approximate surface area is 160 Å². The minimum absolute atomic E-state index is 0.179. The van der Waals surface area contributed by atoms with Crippen molar-refractivity contribution in [1.29, 1.82) is 0 Å². The van der Waals surface area contributed by atoms with E-state index in [9.17, 15) is 0 Å². The first-order valence-electron chi connectivity index (χ1n) is 9.39. The van der Waals surface area contributed by atoms with Crippen molar-refractivity contribution in [1.82, 2.24) is 19.6 Å². The summed E-state index contributed by atoms with van der Waals surface area (Å²) < 4.78 is 9.67. The summed E-state index contributed by atoms with van der Waals surface area (Å²) in [5.74, 6) is 0.950. The second kappa shape index (κ2) is 6.44. The van der Waals surface area contributed by atoms with E-state index in [0.717, 1.165) is 41.4 Å². The average Bonchev–Trinajstić information content (AvgIpc) is 3.14. The van der Waals surface area contributed by atoms with Crippen molar-refractivity contribution < 1.29 is 4.74 Å². The molecule has 0 radical (unpaired) electrons. The Kier molecular flexibility index (Phi) is 4.21. The second-order valence-electron chi connectivity index (χ2n) is 7.38. The normalized spacial score (nSPS) is 16.5. The molecule has 6 nitrogen and oxygen atoms in total. The maximum atomic E-state index is 5.71. The highest BCUT2D eigenvalue weighted by Crippen LogP contribution is 2.41. The van der Waals surface area contributed by atoms with Gasteiger partial charge in [-0.15, -0.1) is 0 Å². The number of fused-ring (bicyclic) bond motifs is 1. The number of rotatable bonds is 3. The lowest BCUT2D eigenvalue weighted by Crippen LogP contribution is -2.34. The Hall–Kier alpha value is -2.76. The first-order valence-corrected chi connectivity index (χ1v) is 9.39. The van der Waals surface area contributed by atoms with Gasteiger partial charge in [0.15, 0.2) is 0 Å². The summed E-state index contributed by atoms with van der Waals surface area (Å²) in [5.41, 5.74) is 8.28. The lowest BCUT2D eigenvalue weighted by atomic mass is 9.95. The van der Waals surface area contributed by atoms with Crippen molar-refractivity contribution in [2.45, 2.75) is 33.2 Å². The molecule has 0 amide bonds. The number of benzene rings is 1. The average molecular weight is 365 g/mol. The molecule has 0 saturated heterocycles. The molecular formula is C21H27N5O. The van der Waals surface area contributed by atoms with E-state index in [1.165, 1.54) is 16.8 Å². The molecule has 3 aromatic rings. The van der Waals surface area contributed by atoms with Crippen LogP contribution >= 0.6 is 0 Å². The van der Waals surface area contributed by atoms with E-state index in [1.54, 1.807) is 7.11 Å². The van der Waals surface area contributed by atoms with E-state index in [2.05, 4.69) is 49.0 Å². The van der Waals surface area contributed by atoms with Crippen molar-refractivity contribution in [3.8, 4) is 17.1 Å². The highest BCUT2D eigenvalue weighted by Gasteiger charge is 2.32. The fourth-order valence-electron chi connectivity index (χ4n) is 4.39. The summed E-state index contributed by atoms with van der Waals surface area (Å²) in [6.45, 7) is 7.36. The van der Waals surface area contributed by atoms with Crippen LogP contribution in [0.3, 0.4) is 0 Å². The predicted octanol–water partition coefficient (Wildman–Crippen LogP) is 3.57. The van der Waals surface area contributed by atoms with Crippen LogP contribution in [0.2, 0.25) is 0 Å². The van der Waals surface area contributed by atoms with Gasteiger partial charge in [-0.3, -0.25) is 9.36 Å². The molecular weight excluding hydrogens is 338 g/mol. The molecule has 2 aromatic heterocycles. The van der Waals surface area contributed by atoms with Crippen LogP contribution in [0.5, 0.6) is 5.75 Å². The van der Waals surface area contributed by atoms with Gasteiger partial charge in [0.1, 0.15) is 5.75 Å². The molecule has 0 fully saturated rings. The van der Waals surface area contributed by atoms with Gasteiger partial charge in [-0.2, -0.15) is 10.2 Å². The van der Waals surface area contributed by atoms with Gasteiger partial charge in [-0.1, -0.05) is 12.1 Å². The van der Waals surface area contributed by atoms with Gasteiger partial charge in [0.25, 0.3) is 0 Å². The number of ether oxygens (including phenoxy) is 1. The Morgan fingerprint density at radius 1 is 1.07 bits per heavy atom. The van der Waals surface area contributed by atoms with Gasteiger partial charge in [0.2, 0.25) is 0 Å². The van der Waals surface area contributed by atoms with E-state index < -0.39 is 0 Å². The molecule has 1 aliphatic heterocycles. The maximum Gasteiger partial charge on any atom is 0.145 e. The Morgan fingerprint density at radius 2 is 1.85 bits per heavy atom. The van der Waals surface area contributed by atoms with Crippen LogP contribution in [-0.4, -0.2) is 33.2 Å². The fraction of sp³-hybridized carbons (Fsp3) is 0.429. The molecule has 1 atom stereocenters. The van der Waals surface area contributed by atoms with Gasteiger partial charge in [-0.25, -0.2) is 0 Å². The Morgan fingerprint density at radius 3 is 2.52 bits per heavy atom. The zero-order valence-corrected chi connectivity index (χ0v) is 16.9. The molecule has 0 N–H and O–H groups in total. The number of aryl methyl sites for hydroxylation is 4. The van der Waals surface area contributed by atoms with Gasteiger partial charge in [0, 0.05) is 26.2 Å². The monoisotopic (exact) mass is 365 g/mol. The zero-order chi connectivity index (χ0) is 19.3. The third-order valence-electron chi connectivity index (χ3n) is 5.69. The molecule has 4 rings (SSSR count). The second-order valence-corrected chi connectivity index (χ2v) is 7.38. The van der Waals surface area contributed by atoms with Gasteiger partial charge in [-0.05, 0) is 44.4 Å². The molecule has 1 aliphatic rings. The summed E-state index contributed by atoms with van der Waals surface area (Å²) >= 11 is 0. The largest absolute Gasteiger partial charge is 0.494 e. The van der Waals surface area contributed by atoms with Crippen LogP contribution in [0.15, 0.2) is 24.4 Å². The van der Waals surface area contributed by atoms with Crippen molar-refractivity contribution >= 4 is 5.69 Å². The fourth-order valence-corrected chi connectivity index (χ4v) is 4.39. The van der Waals surface area contributed by atoms with E-state index in [1.807, 2.05) is 29.7 Å². The summed E-state index contributed by atoms with van der Waals surface area (Å²) in [7, 11) is 5.78. The summed E-state index contributed by atoms with van der Waals surface area (Å²) in [4.78, 5) is 2.40. The van der Waals surface area contributed by atoms with Crippen molar-refractivity contribution in [2.75, 3.05) is 18.6 Å². The van der Waals surface area contributed by atoms with Crippen LogP contribution in [0.4, 0.5) is 5.69 Å². The third kappa shape index (κ3) is 2.62. The topological polar surface area (TPSA) is 48.1 Å². The third-order valence-corrected chi connectivity index (χ3v) is 5.69. The first-order chi connectivity index (χ1) is 12.9. The molecule has 142 valence electrons. The highest BCUT2D eigenvalue weighted by molar-refractivity contribution is 5.68. The molecule has 27 heavy (non-hydrogen) atoms. The molecule has 0 bridgehead atoms.